The van der Waals surface area contributed by atoms with Crippen molar-refractivity contribution in [3.8, 4) is 17.1 Å². The summed E-state index contributed by atoms with van der Waals surface area (Å²) in [6, 6.07) is 7.26. The molecule has 1 fully saturated rings. The Morgan fingerprint density at radius 3 is 2.72 bits per heavy atom. The lowest BCUT2D eigenvalue weighted by Crippen LogP contribution is -2.46. The van der Waals surface area contributed by atoms with Gasteiger partial charge in [0.25, 0.3) is 0 Å². The van der Waals surface area contributed by atoms with Crippen LogP contribution in [-0.2, 0) is 21.4 Å². The average Bonchev–Trinajstić information content (AvgIpc) is 3.21. The predicted molar refractivity (Wildman–Crippen MR) is 107 cm³/mol. The number of piperidine rings is 1. The van der Waals surface area contributed by atoms with Gasteiger partial charge in [-0.25, -0.2) is 12.7 Å². The molecule has 29 heavy (non-hydrogen) atoms. The van der Waals surface area contributed by atoms with Gasteiger partial charge < -0.3 is 14.2 Å². The van der Waals surface area contributed by atoms with Crippen molar-refractivity contribution in [3.63, 3.8) is 0 Å². The van der Waals surface area contributed by atoms with Gasteiger partial charge in [-0.2, -0.15) is 4.98 Å². The van der Waals surface area contributed by atoms with E-state index < -0.39 is 10.0 Å². The Morgan fingerprint density at radius 1 is 1.34 bits per heavy atom. The maximum atomic E-state index is 12.8. The van der Waals surface area contributed by atoms with E-state index >= 15 is 0 Å². The van der Waals surface area contributed by atoms with E-state index in [9.17, 15) is 13.2 Å². The van der Waals surface area contributed by atoms with Gasteiger partial charge in [0, 0.05) is 25.7 Å². The summed E-state index contributed by atoms with van der Waals surface area (Å²) < 4.78 is 36.1. The number of carbonyl (C=O) groups is 1. The quantitative estimate of drug-likeness (QED) is 0.669. The highest BCUT2D eigenvalue weighted by Gasteiger charge is 2.33. The summed E-state index contributed by atoms with van der Waals surface area (Å²) in [4.78, 5) is 18.7. The van der Waals surface area contributed by atoms with Crippen LogP contribution in [0.1, 0.15) is 25.7 Å². The number of ether oxygens (including phenoxy) is 1. The van der Waals surface area contributed by atoms with Gasteiger partial charge in [0.2, 0.25) is 27.6 Å². The number of sulfonamides is 1. The van der Waals surface area contributed by atoms with Crippen LogP contribution in [0.3, 0.4) is 0 Å². The SMILES string of the molecule is CCS(=O)(=O)N1CCCC(C(=O)N(C)Cc2nc(-c3ccc(OC)cc3)no2)C1. The molecule has 0 bridgehead atoms. The maximum Gasteiger partial charge on any atom is 0.246 e. The van der Waals surface area contributed by atoms with E-state index in [1.54, 1.807) is 33.2 Å². The lowest BCUT2D eigenvalue weighted by atomic mass is 9.98. The van der Waals surface area contributed by atoms with E-state index in [0.717, 1.165) is 11.3 Å². The molecule has 2 aromatic rings. The third kappa shape index (κ3) is 4.94. The van der Waals surface area contributed by atoms with Gasteiger partial charge in [0.1, 0.15) is 5.75 Å². The number of benzene rings is 1. The fourth-order valence-corrected chi connectivity index (χ4v) is 4.53. The zero-order valence-electron chi connectivity index (χ0n) is 16.9. The van der Waals surface area contributed by atoms with Gasteiger partial charge in [0.05, 0.1) is 25.3 Å². The van der Waals surface area contributed by atoms with E-state index in [1.807, 2.05) is 12.1 Å². The van der Waals surface area contributed by atoms with Crippen LogP contribution < -0.4 is 4.74 Å². The second-order valence-electron chi connectivity index (χ2n) is 7.03. The molecule has 2 heterocycles. The molecule has 158 valence electrons. The minimum absolute atomic E-state index is 0.0415. The Hall–Kier alpha value is -2.46. The smallest absolute Gasteiger partial charge is 0.246 e. The van der Waals surface area contributed by atoms with Crippen LogP contribution in [0.2, 0.25) is 0 Å². The van der Waals surface area contributed by atoms with E-state index in [0.29, 0.717) is 31.1 Å². The van der Waals surface area contributed by atoms with E-state index in [2.05, 4.69) is 10.1 Å². The Morgan fingerprint density at radius 2 is 2.07 bits per heavy atom. The average molecular weight is 423 g/mol. The topological polar surface area (TPSA) is 106 Å². The van der Waals surface area contributed by atoms with Crippen LogP contribution in [-0.4, -0.2) is 66.7 Å². The summed E-state index contributed by atoms with van der Waals surface area (Å²) in [5.41, 5.74) is 0.780. The molecular weight excluding hydrogens is 396 g/mol. The first-order chi connectivity index (χ1) is 13.8. The molecular formula is C19H26N4O5S. The van der Waals surface area contributed by atoms with Gasteiger partial charge in [0.15, 0.2) is 0 Å². The third-order valence-corrected chi connectivity index (χ3v) is 6.90. The molecule has 1 saturated heterocycles. The van der Waals surface area contributed by atoms with Gasteiger partial charge in [-0.05, 0) is 44.0 Å². The zero-order chi connectivity index (χ0) is 21.0. The van der Waals surface area contributed by atoms with Crippen molar-refractivity contribution in [3.05, 3.63) is 30.2 Å². The van der Waals surface area contributed by atoms with Crippen molar-refractivity contribution >= 4 is 15.9 Å². The molecule has 0 saturated carbocycles. The van der Waals surface area contributed by atoms with Crippen LogP contribution in [0.15, 0.2) is 28.8 Å². The number of hydrogen-bond donors (Lipinski definition) is 0. The third-order valence-electron chi connectivity index (χ3n) is 5.06. The first-order valence-corrected chi connectivity index (χ1v) is 11.1. The highest BCUT2D eigenvalue weighted by molar-refractivity contribution is 7.89. The molecule has 0 spiro atoms. The molecule has 1 aromatic carbocycles. The molecule has 1 aromatic heterocycles. The minimum Gasteiger partial charge on any atom is -0.497 e. The van der Waals surface area contributed by atoms with Crippen molar-refractivity contribution in [2.75, 3.05) is 33.0 Å². The molecule has 1 aliphatic heterocycles. The molecule has 0 aliphatic carbocycles. The lowest BCUT2D eigenvalue weighted by Gasteiger charge is -2.32. The summed E-state index contributed by atoms with van der Waals surface area (Å²) in [5.74, 6) is 1.04. The molecule has 1 unspecified atom stereocenters. The van der Waals surface area contributed by atoms with Crippen molar-refractivity contribution in [2.45, 2.75) is 26.3 Å². The Bertz CT molecular complexity index is 942. The fourth-order valence-electron chi connectivity index (χ4n) is 3.35. The highest BCUT2D eigenvalue weighted by Crippen LogP contribution is 2.23. The number of hydrogen-bond acceptors (Lipinski definition) is 7. The van der Waals surface area contributed by atoms with Crippen molar-refractivity contribution < 1.29 is 22.5 Å². The molecule has 1 amide bonds. The second kappa shape index (κ2) is 8.91. The van der Waals surface area contributed by atoms with Crippen LogP contribution in [0, 0.1) is 5.92 Å². The van der Waals surface area contributed by atoms with Crippen LogP contribution >= 0.6 is 0 Å². The summed E-state index contributed by atoms with van der Waals surface area (Å²) in [7, 11) is -0.0375. The Kier molecular flexibility index (Phi) is 6.53. The van der Waals surface area contributed by atoms with Gasteiger partial charge in [-0.1, -0.05) is 5.16 Å². The normalized spacial score (nSPS) is 17.8. The van der Waals surface area contributed by atoms with Gasteiger partial charge in [-0.3, -0.25) is 4.79 Å². The molecule has 10 heteroatoms. The maximum absolute atomic E-state index is 12.8. The molecule has 0 N–H and O–H groups in total. The van der Waals surface area contributed by atoms with Crippen LogP contribution in [0.5, 0.6) is 5.75 Å². The van der Waals surface area contributed by atoms with E-state index in [1.165, 1.54) is 9.21 Å². The van der Waals surface area contributed by atoms with Crippen LogP contribution in [0.25, 0.3) is 11.4 Å². The first kappa shape index (κ1) is 21.3. The molecule has 1 atom stereocenters. The van der Waals surface area contributed by atoms with Crippen molar-refractivity contribution in [1.29, 1.82) is 0 Å². The first-order valence-electron chi connectivity index (χ1n) is 9.54. The van der Waals surface area contributed by atoms with Gasteiger partial charge >= 0.3 is 0 Å². The summed E-state index contributed by atoms with van der Waals surface area (Å²) in [6.07, 6.45) is 1.34. The molecule has 0 radical (unpaired) electrons. The Labute approximate surface area is 170 Å². The number of nitrogens with zero attached hydrogens (tertiary/aromatic N) is 4. The number of rotatable bonds is 7. The highest BCUT2D eigenvalue weighted by atomic mass is 32.2. The lowest BCUT2D eigenvalue weighted by molar-refractivity contribution is -0.136. The number of carbonyl (C=O) groups excluding carboxylic acids is 1. The van der Waals surface area contributed by atoms with Crippen molar-refractivity contribution in [2.24, 2.45) is 5.92 Å². The van der Waals surface area contributed by atoms with Gasteiger partial charge in [-0.15, -0.1) is 0 Å². The molecule has 9 nitrogen and oxygen atoms in total. The van der Waals surface area contributed by atoms with Crippen molar-refractivity contribution in [1.82, 2.24) is 19.3 Å². The van der Waals surface area contributed by atoms with E-state index in [4.69, 9.17) is 9.26 Å². The number of amides is 1. The Balaban J connectivity index is 1.63. The molecule has 1 aliphatic rings. The largest absolute Gasteiger partial charge is 0.497 e. The monoisotopic (exact) mass is 422 g/mol. The predicted octanol–water partition coefficient (Wildman–Crippen LogP) is 1.77. The summed E-state index contributed by atoms with van der Waals surface area (Å²) >= 11 is 0. The second-order valence-corrected chi connectivity index (χ2v) is 9.29. The standard InChI is InChI=1S/C19H26N4O5S/c1-4-29(25,26)23-11-5-6-15(12-23)19(24)22(2)13-17-20-18(21-28-17)14-7-9-16(27-3)10-8-14/h7-10,15H,4-6,11-13H2,1-3H3. The zero-order valence-corrected chi connectivity index (χ0v) is 17.7. The summed E-state index contributed by atoms with van der Waals surface area (Å²) in [6.45, 7) is 2.47. The fraction of sp³-hybridized carbons (Fsp3) is 0.526. The van der Waals surface area contributed by atoms with E-state index in [-0.39, 0.29) is 30.7 Å². The molecule has 3 rings (SSSR count). The number of aromatic nitrogens is 2. The number of methoxy groups -OCH3 is 1. The summed E-state index contributed by atoms with van der Waals surface area (Å²) in [5, 5.41) is 3.97. The van der Waals surface area contributed by atoms with Crippen LogP contribution in [0.4, 0.5) is 0 Å². The minimum atomic E-state index is -3.29.